The van der Waals surface area contributed by atoms with Crippen LogP contribution >= 0.6 is 0 Å². The summed E-state index contributed by atoms with van der Waals surface area (Å²) in [5.41, 5.74) is 0. The van der Waals surface area contributed by atoms with Crippen LogP contribution in [0.5, 0.6) is 0 Å². The number of hydrogen-bond donors (Lipinski definition) is 1. The first kappa shape index (κ1) is 16.3. The number of hydrogen-bond acceptors (Lipinski definition) is 3. The molecule has 2 fully saturated rings. The Hall–Kier alpha value is -0.0900. The summed E-state index contributed by atoms with van der Waals surface area (Å²) < 4.78 is 25.1. The molecule has 0 radical (unpaired) electrons. The molecule has 4 heteroatoms. The van der Waals surface area contributed by atoms with Gasteiger partial charge in [0.15, 0.2) is 9.84 Å². The van der Waals surface area contributed by atoms with Crippen LogP contribution in [-0.4, -0.2) is 31.5 Å². The zero-order chi connectivity index (χ0) is 14.4. The lowest BCUT2D eigenvalue weighted by molar-refractivity contribution is 0.346. The molecule has 20 heavy (non-hydrogen) atoms. The molecule has 2 aliphatic rings. The lowest BCUT2D eigenvalue weighted by Crippen LogP contribution is -2.57. The Morgan fingerprint density at radius 3 is 2.05 bits per heavy atom. The minimum atomic E-state index is -2.90. The van der Waals surface area contributed by atoms with E-state index >= 15 is 0 Å². The number of sulfone groups is 1. The topological polar surface area (TPSA) is 46.2 Å². The number of rotatable bonds is 1. The average Bonchev–Trinajstić information content (AvgIpc) is 2.39. The Balaban J connectivity index is 2.05. The van der Waals surface area contributed by atoms with Crippen LogP contribution in [0.1, 0.15) is 77.6 Å². The summed E-state index contributed by atoms with van der Waals surface area (Å²) in [4.78, 5) is 0. The van der Waals surface area contributed by atoms with Crippen molar-refractivity contribution in [3.8, 4) is 0 Å². The first-order valence-corrected chi connectivity index (χ1v) is 10.3. The van der Waals surface area contributed by atoms with Crippen molar-refractivity contribution in [3.05, 3.63) is 0 Å². The van der Waals surface area contributed by atoms with E-state index in [0.717, 1.165) is 25.7 Å². The fourth-order valence-corrected chi connectivity index (χ4v) is 6.15. The number of nitrogens with one attached hydrogen (secondary N) is 1. The molecule has 0 aromatic heterocycles. The predicted octanol–water partition coefficient (Wildman–Crippen LogP) is 3.43. The van der Waals surface area contributed by atoms with E-state index in [2.05, 4.69) is 12.2 Å². The highest BCUT2D eigenvalue weighted by atomic mass is 32.2. The maximum atomic E-state index is 12.6. The van der Waals surface area contributed by atoms with E-state index in [9.17, 15) is 8.42 Å². The van der Waals surface area contributed by atoms with E-state index < -0.39 is 9.84 Å². The third-order valence-corrected chi connectivity index (χ3v) is 7.39. The van der Waals surface area contributed by atoms with Crippen LogP contribution in [0.15, 0.2) is 0 Å². The highest BCUT2D eigenvalue weighted by Crippen LogP contribution is 2.26. The summed E-state index contributed by atoms with van der Waals surface area (Å²) in [5.74, 6) is 0.352. The molecule has 1 N–H and O–H groups in total. The van der Waals surface area contributed by atoms with Gasteiger partial charge in [0.1, 0.15) is 0 Å². The van der Waals surface area contributed by atoms with Crippen molar-refractivity contribution in [2.75, 3.05) is 5.75 Å². The van der Waals surface area contributed by atoms with E-state index in [4.69, 9.17) is 0 Å². The third kappa shape index (κ3) is 4.45. The van der Waals surface area contributed by atoms with Crippen molar-refractivity contribution < 1.29 is 8.42 Å². The van der Waals surface area contributed by atoms with Crippen molar-refractivity contribution >= 4 is 9.84 Å². The minimum absolute atomic E-state index is 0.121. The van der Waals surface area contributed by atoms with Gasteiger partial charge in [-0.1, -0.05) is 58.3 Å². The van der Waals surface area contributed by atoms with Crippen molar-refractivity contribution in [1.82, 2.24) is 5.32 Å². The fraction of sp³-hybridized carbons (Fsp3) is 1.00. The van der Waals surface area contributed by atoms with Crippen molar-refractivity contribution in [1.29, 1.82) is 0 Å². The van der Waals surface area contributed by atoms with Crippen LogP contribution in [0.2, 0.25) is 0 Å². The molecule has 0 aromatic carbocycles. The molecule has 2 rings (SSSR count). The SMILES string of the molecule is CCC1CS(=O)(=O)C2CCCCCCCCCCC2N1. The molecule has 0 aromatic rings. The second-order valence-corrected chi connectivity index (χ2v) is 8.92. The Kier molecular flexibility index (Phi) is 6.34. The summed E-state index contributed by atoms with van der Waals surface area (Å²) in [6.45, 7) is 2.09. The molecule has 118 valence electrons. The van der Waals surface area contributed by atoms with Gasteiger partial charge in [-0.2, -0.15) is 0 Å². The maximum absolute atomic E-state index is 12.6. The fourth-order valence-electron chi connectivity index (χ4n) is 3.77. The summed E-state index contributed by atoms with van der Waals surface area (Å²) >= 11 is 0. The van der Waals surface area contributed by atoms with Crippen LogP contribution in [-0.2, 0) is 9.84 Å². The molecule has 0 bridgehead atoms. The van der Waals surface area contributed by atoms with Gasteiger partial charge in [-0.05, 0) is 19.3 Å². The molecule has 1 saturated heterocycles. The van der Waals surface area contributed by atoms with Crippen LogP contribution in [0.4, 0.5) is 0 Å². The van der Waals surface area contributed by atoms with Crippen LogP contribution < -0.4 is 5.32 Å². The molecular weight excluding hydrogens is 270 g/mol. The Bertz CT molecular complexity index is 380. The average molecular weight is 301 g/mol. The molecule has 1 heterocycles. The smallest absolute Gasteiger partial charge is 0.156 e. The molecular formula is C16H31NO2S. The van der Waals surface area contributed by atoms with Gasteiger partial charge < -0.3 is 5.32 Å². The maximum Gasteiger partial charge on any atom is 0.156 e. The predicted molar refractivity (Wildman–Crippen MR) is 84.7 cm³/mol. The van der Waals surface area contributed by atoms with Crippen molar-refractivity contribution in [2.24, 2.45) is 0 Å². The normalized spacial score (nSPS) is 36.4. The zero-order valence-electron chi connectivity index (χ0n) is 12.9. The minimum Gasteiger partial charge on any atom is -0.309 e. The summed E-state index contributed by atoms with van der Waals surface area (Å²) in [6, 6.07) is 0.382. The van der Waals surface area contributed by atoms with Gasteiger partial charge in [0.05, 0.1) is 11.0 Å². The first-order valence-electron chi connectivity index (χ1n) is 8.61. The van der Waals surface area contributed by atoms with Crippen LogP contribution in [0, 0.1) is 0 Å². The van der Waals surface area contributed by atoms with Gasteiger partial charge in [-0.3, -0.25) is 0 Å². The standard InChI is InChI=1S/C16H31NO2S/c1-2-14-13-20(18,19)16-12-10-8-6-4-3-5-7-9-11-15(16)17-14/h14-17H,2-13H2,1H3. The molecule has 0 amide bonds. The van der Waals surface area contributed by atoms with Crippen LogP contribution in [0.25, 0.3) is 0 Å². The van der Waals surface area contributed by atoms with E-state index in [-0.39, 0.29) is 17.3 Å². The Labute approximate surface area is 124 Å². The summed E-state index contributed by atoms with van der Waals surface area (Å²) in [7, 11) is -2.90. The lowest BCUT2D eigenvalue weighted by Gasteiger charge is -2.37. The van der Waals surface area contributed by atoms with Gasteiger partial charge >= 0.3 is 0 Å². The van der Waals surface area contributed by atoms with Gasteiger partial charge in [0, 0.05) is 12.1 Å². The van der Waals surface area contributed by atoms with E-state index in [1.54, 1.807) is 0 Å². The largest absolute Gasteiger partial charge is 0.309 e. The lowest BCUT2D eigenvalue weighted by atomic mass is 9.96. The quantitative estimate of drug-likeness (QED) is 0.807. The van der Waals surface area contributed by atoms with E-state index in [1.807, 2.05) is 0 Å². The zero-order valence-corrected chi connectivity index (χ0v) is 13.8. The second-order valence-electron chi connectivity index (χ2n) is 6.65. The van der Waals surface area contributed by atoms with E-state index in [1.165, 1.54) is 44.9 Å². The van der Waals surface area contributed by atoms with Gasteiger partial charge in [0.2, 0.25) is 0 Å². The van der Waals surface area contributed by atoms with Gasteiger partial charge in [-0.15, -0.1) is 0 Å². The van der Waals surface area contributed by atoms with Gasteiger partial charge in [0.25, 0.3) is 0 Å². The van der Waals surface area contributed by atoms with E-state index in [0.29, 0.717) is 5.75 Å². The molecule has 0 spiro atoms. The second kappa shape index (κ2) is 7.79. The molecule has 1 saturated carbocycles. The van der Waals surface area contributed by atoms with Gasteiger partial charge in [-0.25, -0.2) is 8.42 Å². The highest BCUT2D eigenvalue weighted by Gasteiger charge is 2.39. The Morgan fingerprint density at radius 1 is 0.900 bits per heavy atom. The first-order chi connectivity index (χ1) is 9.63. The monoisotopic (exact) mass is 301 g/mol. The van der Waals surface area contributed by atoms with Crippen molar-refractivity contribution in [3.63, 3.8) is 0 Å². The third-order valence-electron chi connectivity index (χ3n) is 5.04. The molecule has 3 nitrogen and oxygen atoms in total. The molecule has 3 atom stereocenters. The molecule has 1 aliphatic carbocycles. The van der Waals surface area contributed by atoms with Crippen LogP contribution in [0.3, 0.4) is 0 Å². The summed E-state index contributed by atoms with van der Waals surface area (Å²) in [6.07, 6.45) is 12.9. The summed E-state index contributed by atoms with van der Waals surface area (Å²) in [5, 5.41) is 3.51. The molecule has 1 aliphatic heterocycles. The number of fused-ring (bicyclic) bond motifs is 1. The Morgan fingerprint density at radius 2 is 1.45 bits per heavy atom. The molecule has 3 unspecified atom stereocenters. The highest BCUT2D eigenvalue weighted by molar-refractivity contribution is 7.92. The van der Waals surface area contributed by atoms with Crippen molar-refractivity contribution in [2.45, 2.75) is 94.9 Å².